The van der Waals surface area contributed by atoms with Gasteiger partial charge in [0.1, 0.15) is 0 Å². The monoisotopic (exact) mass is 296 g/mol. The summed E-state index contributed by atoms with van der Waals surface area (Å²) in [6.45, 7) is 16.7. The van der Waals surface area contributed by atoms with E-state index in [1.54, 1.807) is 0 Å². The molecule has 1 unspecified atom stereocenters. The summed E-state index contributed by atoms with van der Waals surface area (Å²) in [4.78, 5) is 0. The first-order chi connectivity index (χ1) is 9.75. The molecule has 0 heterocycles. The van der Waals surface area contributed by atoms with Crippen LogP contribution in [-0.4, -0.2) is 0 Å². The Morgan fingerprint density at radius 2 is 0.952 bits per heavy atom. The van der Waals surface area contributed by atoms with Crippen LogP contribution in [0.2, 0.25) is 0 Å². The highest BCUT2D eigenvalue weighted by Crippen LogP contribution is 2.36. The van der Waals surface area contributed by atoms with Crippen molar-refractivity contribution >= 4 is 0 Å². The van der Waals surface area contributed by atoms with Gasteiger partial charge in [0, 0.05) is 0 Å². The van der Waals surface area contributed by atoms with Crippen LogP contribution in [0.5, 0.6) is 0 Å². The quantitative estimate of drug-likeness (QED) is 0.321. The summed E-state index contributed by atoms with van der Waals surface area (Å²) >= 11 is 0. The van der Waals surface area contributed by atoms with Crippen molar-refractivity contribution < 1.29 is 0 Å². The molecule has 0 heteroatoms. The molecule has 0 N–H and O–H groups in total. The summed E-state index contributed by atoms with van der Waals surface area (Å²) in [7, 11) is 0. The number of hydrogen-bond donors (Lipinski definition) is 0. The van der Waals surface area contributed by atoms with Crippen LogP contribution in [0.15, 0.2) is 0 Å². The van der Waals surface area contributed by atoms with Crippen molar-refractivity contribution in [1.82, 2.24) is 0 Å². The molecule has 0 aromatic heterocycles. The largest absolute Gasteiger partial charge is 0.0628 e. The first kappa shape index (κ1) is 21.0. The van der Waals surface area contributed by atoms with E-state index < -0.39 is 0 Å². The van der Waals surface area contributed by atoms with Crippen molar-refractivity contribution in [3.05, 3.63) is 0 Å². The molecule has 1 atom stereocenters. The molecule has 21 heavy (non-hydrogen) atoms. The second kappa shape index (κ2) is 11.6. The second-order valence-electron chi connectivity index (χ2n) is 9.02. The SMILES string of the molecule is CC(C)CCCCCCCCCCC(C(C)C)C(C)(C)C. The van der Waals surface area contributed by atoms with Gasteiger partial charge in [0.25, 0.3) is 0 Å². The maximum Gasteiger partial charge on any atom is -0.0342 e. The van der Waals surface area contributed by atoms with E-state index in [0.717, 1.165) is 17.8 Å². The van der Waals surface area contributed by atoms with Gasteiger partial charge in [-0.3, -0.25) is 0 Å². The lowest BCUT2D eigenvalue weighted by atomic mass is 9.72. The Labute approximate surface area is 136 Å². The molecule has 0 aliphatic rings. The normalized spacial score (nSPS) is 14.1. The Balaban J connectivity index is 3.47. The van der Waals surface area contributed by atoms with E-state index in [0.29, 0.717) is 5.41 Å². The summed E-state index contributed by atoms with van der Waals surface area (Å²) in [6, 6.07) is 0. The summed E-state index contributed by atoms with van der Waals surface area (Å²) in [5.74, 6) is 2.60. The van der Waals surface area contributed by atoms with Crippen molar-refractivity contribution in [2.75, 3.05) is 0 Å². The lowest BCUT2D eigenvalue weighted by molar-refractivity contribution is 0.161. The first-order valence-electron chi connectivity index (χ1n) is 9.75. The Kier molecular flexibility index (Phi) is 11.6. The van der Waals surface area contributed by atoms with Gasteiger partial charge in [0.05, 0.1) is 0 Å². The van der Waals surface area contributed by atoms with Gasteiger partial charge in [-0.25, -0.2) is 0 Å². The molecule has 0 radical (unpaired) electrons. The molecule has 0 aromatic rings. The first-order valence-corrected chi connectivity index (χ1v) is 9.75. The van der Waals surface area contributed by atoms with E-state index in [-0.39, 0.29) is 0 Å². The van der Waals surface area contributed by atoms with Gasteiger partial charge in [0.2, 0.25) is 0 Å². The lowest BCUT2D eigenvalue weighted by Crippen LogP contribution is -2.25. The molecule has 0 bridgehead atoms. The summed E-state index contributed by atoms with van der Waals surface area (Å²) < 4.78 is 0. The van der Waals surface area contributed by atoms with Crippen molar-refractivity contribution in [2.45, 2.75) is 113 Å². The van der Waals surface area contributed by atoms with Gasteiger partial charge in [0.15, 0.2) is 0 Å². The second-order valence-corrected chi connectivity index (χ2v) is 9.02. The van der Waals surface area contributed by atoms with Crippen LogP contribution in [0.4, 0.5) is 0 Å². The minimum atomic E-state index is 0.477. The summed E-state index contributed by atoms with van der Waals surface area (Å²) in [5.41, 5.74) is 0.477. The van der Waals surface area contributed by atoms with E-state index in [9.17, 15) is 0 Å². The Morgan fingerprint density at radius 1 is 0.571 bits per heavy atom. The zero-order valence-electron chi connectivity index (χ0n) is 16.3. The van der Waals surface area contributed by atoms with Crippen molar-refractivity contribution in [3.63, 3.8) is 0 Å². The highest BCUT2D eigenvalue weighted by molar-refractivity contribution is 4.76. The minimum Gasteiger partial charge on any atom is -0.0628 e. The Morgan fingerprint density at radius 3 is 1.29 bits per heavy atom. The van der Waals surface area contributed by atoms with Gasteiger partial charge < -0.3 is 0 Å². The molecule has 0 rings (SSSR count). The summed E-state index contributed by atoms with van der Waals surface area (Å²) in [5, 5.41) is 0. The molecule has 0 nitrogen and oxygen atoms in total. The van der Waals surface area contributed by atoms with Crippen molar-refractivity contribution in [3.8, 4) is 0 Å². The van der Waals surface area contributed by atoms with Crippen LogP contribution in [0.1, 0.15) is 113 Å². The fraction of sp³-hybridized carbons (Fsp3) is 1.00. The Hall–Kier alpha value is 0. The van der Waals surface area contributed by atoms with Gasteiger partial charge in [-0.05, 0) is 29.6 Å². The summed E-state index contributed by atoms with van der Waals surface area (Å²) in [6.07, 6.45) is 14.5. The Bertz CT molecular complexity index is 219. The van der Waals surface area contributed by atoms with E-state index in [1.165, 1.54) is 64.2 Å². The zero-order valence-corrected chi connectivity index (χ0v) is 16.3. The van der Waals surface area contributed by atoms with Gasteiger partial charge in [-0.15, -0.1) is 0 Å². The number of unbranched alkanes of at least 4 members (excludes halogenated alkanes) is 7. The van der Waals surface area contributed by atoms with Crippen molar-refractivity contribution in [2.24, 2.45) is 23.2 Å². The van der Waals surface area contributed by atoms with E-state index in [4.69, 9.17) is 0 Å². The molecular weight excluding hydrogens is 252 g/mol. The molecule has 0 amide bonds. The van der Waals surface area contributed by atoms with Crippen LogP contribution in [0.3, 0.4) is 0 Å². The molecule has 0 aliphatic heterocycles. The molecule has 0 aromatic carbocycles. The number of rotatable bonds is 12. The fourth-order valence-electron chi connectivity index (χ4n) is 3.74. The van der Waals surface area contributed by atoms with E-state index in [1.807, 2.05) is 0 Å². The van der Waals surface area contributed by atoms with E-state index in [2.05, 4.69) is 48.5 Å². The van der Waals surface area contributed by atoms with Crippen LogP contribution in [0, 0.1) is 23.2 Å². The predicted molar refractivity (Wildman–Crippen MR) is 98.8 cm³/mol. The van der Waals surface area contributed by atoms with Crippen molar-refractivity contribution in [1.29, 1.82) is 0 Å². The molecule has 0 spiro atoms. The van der Waals surface area contributed by atoms with Crippen LogP contribution in [-0.2, 0) is 0 Å². The minimum absolute atomic E-state index is 0.477. The molecule has 0 saturated heterocycles. The van der Waals surface area contributed by atoms with E-state index >= 15 is 0 Å². The molecular formula is C21H44. The van der Waals surface area contributed by atoms with Crippen LogP contribution < -0.4 is 0 Å². The third-order valence-corrected chi connectivity index (χ3v) is 4.96. The molecule has 128 valence electrons. The average Bonchev–Trinajstić information content (AvgIpc) is 2.33. The predicted octanol–water partition coefficient (Wildman–Crippen LogP) is 7.86. The van der Waals surface area contributed by atoms with Gasteiger partial charge in [-0.2, -0.15) is 0 Å². The topological polar surface area (TPSA) is 0 Å². The molecule has 0 saturated carbocycles. The highest BCUT2D eigenvalue weighted by Gasteiger charge is 2.26. The zero-order chi connectivity index (χ0) is 16.3. The third kappa shape index (κ3) is 12.2. The fourth-order valence-corrected chi connectivity index (χ4v) is 3.74. The van der Waals surface area contributed by atoms with Gasteiger partial charge in [-0.1, -0.05) is 106 Å². The number of hydrogen-bond acceptors (Lipinski definition) is 0. The average molecular weight is 297 g/mol. The standard InChI is InChI=1S/C21H44/c1-18(2)16-14-12-10-8-9-11-13-15-17-20(19(3)4)21(5,6)7/h18-20H,8-17H2,1-7H3. The maximum absolute atomic E-state index is 2.41. The molecule has 0 aliphatic carbocycles. The molecule has 0 fully saturated rings. The lowest BCUT2D eigenvalue weighted by Gasteiger charge is -2.34. The maximum atomic E-state index is 2.41. The smallest absolute Gasteiger partial charge is 0.0342 e. The van der Waals surface area contributed by atoms with Gasteiger partial charge >= 0.3 is 0 Å². The van der Waals surface area contributed by atoms with Crippen LogP contribution >= 0.6 is 0 Å². The third-order valence-electron chi connectivity index (χ3n) is 4.96. The van der Waals surface area contributed by atoms with Crippen LogP contribution in [0.25, 0.3) is 0 Å². The highest BCUT2D eigenvalue weighted by atomic mass is 14.3.